The lowest BCUT2D eigenvalue weighted by atomic mass is 10.3. The third-order valence-electron chi connectivity index (χ3n) is 1.65. The van der Waals surface area contributed by atoms with E-state index in [4.69, 9.17) is 4.52 Å². The van der Waals surface area contributed by atoms with E-state index in [1.807, 2.05) is 0 Å². The Morgan fingerprint density at radius 3 is 3.07 bits per heavy atom. The van der Waals surface area contributed by atoms with Crippen molar-refractivity contribution in [2.24, 2.45) is 0 Å². The number of nitrogens with one attached hydrogen (secondary N) is 1. The molecule has 0 atom stereocenters. The zero-order valence-corrected chi connectivity index (χ0v) is 8.17. The van der Waals surface area contributed by atoms with Crippen LogP contribution in [0.2, 0.25) is 0 Å². The molecule has 6 heteroatoms. The Kier molecular flexibility index (Phi) is 2.28. The maximum absolute atomic E-state index is 11.5. The van der Waals surface area contributed by atoms with E-state index in [0.717, 1.165) is 0 Å². The highest BCUT2D eigenvalue weighted by Gasteiger charge is 2.13. The van der Waals surface area contributed by atoms with Crippen LogP contribution in [0.25, 0.3) is 0 Å². The molecule has 0 aliphatic rings. The highest BCUT2D eigenvalue weighted by molar-refractivity contribution is 7.13. The molecule has 0 bridgehead atoms. The van der Waals surface area contributed by atoms with Gasteiger partial charge >= 0.3 is 0 Å². The van der Waals surface area contributed by atoms with Crippen LogP contribution in [0.5, 0.6) is 0 Å². The second-order valence-electron chi connectivity index (χ2n) is 2.59. The van der Waals surface area contributed by atoms with E-state index in [2.05, 4.69) is 15.5 Å². The zero-order valence-electron chi connectivity index (χ0n) is 7.35. The van der Waals surface area contributed by atoms with Gasteiger partial charge in [0.05, 0.1) is 6.20 Å². The lowest BCUT2D eigenvalue weighted by Crippen LogP contribution is -2.11. The van der Waals surface area contributed by atoms with Crippen molar-refractivity contribution >= 4 is 22.4 Å². The van der Waals surface area contributed by atoms with Crippen molar-refractivity contribution in [2.75, 3.05) is 5.32 Å². The predicted molar refractivity (Wildman–Crippen MR) is 51.3 cm³/mol. The Balaban J connectivity index is 2.14. The van der Waals surface area contributed by atoms with Gasteiger partial charge in [0.2, 0.25) is 0 Å². The number of hydrogen-bond donors (Lipinski definition) is 1. The number of aryl methyl sites for hydroxylation is 1. The summed E-state index contributed by atoms with van der Waals surface area (Å²) in [5.41, 5.74) is 0.431. The molecule has 2 rings (SSSR count). The van der Waals surface area contributed by atoms with E-state index in [1.54, 1.807) is 18.5 Å². The van der Waals surface area contributed by atoms with Gasteiger partial charge in [-0.15, -0.1) is 11.3 Å². The molecular weight excluding hydrogens is 202 g/mol. The Hall–Kier alpha value is -1.69. The number of carbonyl (C=O) groups is 1. The smallest absolute Gasteiger partial charge is 0.262 e. The first-order valence-electron chi connectivity index (χ1n) is 3.89. The van der Waals surface area contributed by atoms with Crippen LogP contribution >= 0.6 is 11.3 Å². The minimum absolute atomic E-state index is 0.251. The number of carbonyl (C=O) groups excluding carboxylic acids is 1. The summed E-state index contributed by atoms with van der Waals surface area (Å²) in [6.45, 7) is 1.68. The fraction of sp³-hybridized carbons (Fsp3) is 0.125. The van der Waals surface area contributed by atoms with Crippen molar-refractivity contribution in [3.8, 4) is 0 Å². The number of hydrogen-bond acceptors (Lipinski definition) is 5. The first kappa shape index (κ1) is 8.89. The summed E-state index contributed by atoms with van der Waals surface area (Å²) in [7, 11) is 0. The summed E-state index contributed by atoms with van der Waals surface area (Å²) in [4.78, 5) is 15.5. The highest BCUT2D eigenvalue weighted by Crippen LogP contribution is 2.13. The molecule has 0 spiro atoms. The largest absolute Gasteiger partial charge is 0.361 e. The molecule has 0 saturated carbocycles. The number of aromatic nitrogens is 2. The van der Waals surface area contributed by atoms with Crippen molar-refractivity contribution in [2.45, 2.75) is 6.92 Å². The van der Waals surface area contributed by atoms with Crippen LogP contribution < -0.4 is 5.32 Å². The van der Waals surface area contributed by atoms with Crippen molar-refractivity contribution in [1.29, 1.82) is 0 Å². The third-order valence-corrected chi connectivity index (χ3v) is 2.34. The number of anilines is 1. The molecule has 1 N–H and O–H groups in total. The Bertz CT molecular complexity index is 435. The van der Waals surface area contributed by atoms with Crippen LogP contribution in [0.1, 0.15) is 16.1 Å². The minimum Gasteiger partial charge on any atom is -0.361 e. The van der Waals surface area contributed by atoms with Crippen molar-refractivity contribution in [3.63, 3.8) is 0 Å². The van der Waals surface area contributed by atoms with Crippen LogP contribution in [-0.2, 0) is 0 Å². The van der Waals surface area contributed by atoms with Gasteiger partial charge in [-0.3, -0.25) is 10.1 Å². The van der Waals surface area contributed by atoms with Crippen molar-refractivity contribution in [3.05, 3.63) is 29.1 Å². The molecule has 2 aromatic heterocycles. The quantitative estimate of drug-likeness (QED) is 0.817. The monoisotopic (exact) mass is 209 g/mol. The first-order chi connectivity index (χ1) is 6.77. The molecule has 0 aliphatic heterocycles. The number of rotatable bonds is 2. The van der Waals surface area contributed by atoms with Gasteiger partial charge in [-0.05, 0) is 6.92 Å². The third kappa shape index (κ3) is 1.64. The fourth-order valence-electron chi connectivity index (χ4n) is 0.966. The summed E-state index contributed by atoms with van der Waals surface area (Å²) in [6, 6.07) is 0. The molecule has 72 valence electrons. The molecule has 2 heterocycles. The summed E-state index contributed by atoms with van der Waals surface area (Å²) >= 11 is 1.36. The summed E-state index contributed by atoms with van der Waals surface area (Å²) in [6.07, 6.45) is 3.01. The maximum Gasteiger partial charge on any atom is 0.262 e. The van der Waals surface area contributed by atoms with Gasteiger partial charge in [-0.2, -0.15) is 0 Å². The highest BCUT2D eigenvalue weighted by atomic mass is 32.1. The topological polar surface area (TPSA) is 68.0 Å². The molecule has 0 fully saturated rings. The van der Waals surface area contributed by atoms with Gasteiger partial charge < -0.3 is 4.52 Å². The summed E-state index contributed by atoms with van der Waals surface area (Å²) in [5.74, 6) is 0.248. The molecule has 5 nitrogen and oxygen atoms in total. The van der Waals surface area contributed by atoms with Crippen LogP contribution in [0.3, 0.4) is 0 Å². The Morgan fingerprint density at radius 2 is 2.50 bits per heavy atom. The average Bonchev–Trinajstić information content (AvgIpc) is 2.75. The fourth-order valence-corrected chi connectivity index (χ4v) is 1.49. The van der Waals surface area contributed by atoms with Crippen LogP contribution in [0, 0.1) is 6.92 Å². The van der Waals surface area contributed by atoms with Gasteiger partial charge in [0.25, 0.3) is 5.91 Å². The van der Waals surface area contributed by atoms with E-state index in [0.29, 0.717) is 16.5 Å². The summed E-state index contributed by atoms with van der Waals surface area (Å²) < 4.78 is 4.78. The molecule has 0 aliphatic carbocycles. The van der Waals surface area contributed by atoms with E-state index in [9.17, 15) is 4.79 Å². The van der Waals surface area contributed by atoms with E-state index in [1.165, 1.54) is 17.5 Å². The van der Waals surface area contributed by atoms with Gasteiger partial charge in [-0.1, -0.05) is 5.16 Å². The van der Waals surface area contributed by atoms with Gasteiger partial charge in [0.1, 0.15) is 11.3 Å². The van der Waals surface area contributed by atoms with E-state index < -0.39 is 0 Å². The summed E-state index contributed by atoms with van der Waals surface area (Å²) in [5, 5.41) is 8.51. The number of nitrogens with zero attached hydrogens (tertiary/aromatic N) is 2. The lowest BCUT2D eigenvalue weighted by molar-refractivity contribution is 0.102. The minimum atomic E-state index is -0.251. The van der Waals surface area contributed by atoms with Crippen LogP contribution in [-0.4, -0.2) is 16.0 Å². The van der Waals surface area contributed by atoms with Gasteiger partial charge in [-0.25, -0.2) is 4.98 Å². The predicted octanol–water partition coefficient (Wildman–Crippen LogP) is 1.69. The molecule has 0 unspecified atom stereocenters. The SMILES string of the molecule is Cc1oncc1C(=O)Nc1nccs1. The number of thiazole rings is 1. The first-order valence-corrected chi connectivity index (χ1v) is 4.77. The molecular formula is C8H7N3O2S. The van der Waals surface area contributed by atoms with E-state index >= 15 is 0 Å². The number of amides is 1. The Labute approximate surface area is 83.8 Å². The maximum atomic E-state index is 11.5. The van der Waals surface area contributed by atoms with Crippen LogP contribution in [0.4, 0.5) is 5.13 Å². The molecule has 2 aromatic rings. The normalized spacial score (nSPS) is 10.1. The van der Waals surface area contributed by atoms with Crippen LogP contribution in [0.15, 0.2) is 22.3 Å². The lowest BCUT2D eigenvalue weighted by Gasteiger charge is -1.97. The second kappa shape index (κ2) is 3.59. The van der Waals surface area contributed by atoms with Crippen molar-refractivity contribution in [1.82, 2.24) is 10.1 Å². The van der Waals surface area contributed by atoms with E-state index in [-0.39, 0.29) is 5.91 Å². The molecule has 14 heavy (non-hydrogen) atoms. The van der Waals surface area contributed by atoms with Crippen molar-refractivity contribution < 1.29 is 9.32 Å². The molecule has 0 radical (unpaired) electrons. The second-order valence-corrected chi connectivity index (χ2v) is 3.48. The van der Waals surface area contributed by atoms with Gasteiger partial charge in [0, 0.05) is 11.6 Å². The Morgan fingerprint density at radius 1 is 1.64 bits per heavy atom. The van der Waals surface area contributed by atoms with Gasteiger partial charge in [0.15, 0.2) is 5.13 Å². The average molecular weight is 209 g/mol. The molecule has 0 aromatic carbocycles. The molecule has 0 saturated heterocycles. The zero-order chi connectivity index (χ0) is 9.97. The molecule has 1 amide bonds. The standard InChI is InChI=1S/C8H7N3O2S/c1-5-6(4-10-13-5)7(12)11-8-9-2-3-14-8/h2-4H,1H3,(H,9,11,12).